The number of benzene rings is 1. The van der Waals surface area contributed by atoms with Crippen LogP contribution in [0.15, 0.2) is 30.3 Å². The second-order valence-corrected chi connectivity index (χ2v) is 13.6. The molecule has 1 saturated carbocycles. The number of ether oxygens (including phenoxy) is 1. The fraction of sp³-hybridized carbons (Fsp3) is 0.686. The van der Waals surface area contributed by atoms with Crippen LogP contribution in [-0.2, 0) is 4.74 Å². The van der Waals surface area contributed by atoms with Crippen LogP contribution in [0.4, 0.5) is 4.79 Å². The van der Waals surface area contributed by atoms with E-state index in [-0.39, 0.29) is 17.6 Å². The van der Waals surface area contributed by atoms with E-state index in [0.717, 1.165) is 93.5 Å². The van der Waals surface area contributed by atoms with E-state index in [9.17, 15) is 9.59 Å². The molecule has 1 atom stereocenters. The van der Waals surface area contributed by atoms with Crippen molar-refractivity contribution in [2.45, 2.75) is 103 Å². The first-order valence-corrected chi connectivity index (χ1v) is 16.8. The van der Waals surface area contributed by atoms with Crippen molar-refractivity contribution >= 4 is 22.9 Å². The van der Waals surface area contributed by atoms with E-state index >= 15 is 0 Å². The Bertz CT molecular complexity index is 1240. The van der Waals surface area contributed by atoms with E-state index in [1.54, 1.807) is 0 Å². The number of piperidine rings is 2. The first kappa shape index (κ1) is 29.4. The van der Waals surface area contributed by atoms with E-state index in [1.165, 1.54) is 44.9 Å². The van der Waals surface area contributed by atoms with Gasteiger partial charge in [0.15, 0.2) is 0 Å². The smallest absolute Gasteiger partial charge is 0.410 e. The molecule has 4 fully saturated rings. The van der Waals surface area contributed by atoms with Crippen LogP contribution in [0.25, 0.3) is 10.9 Å². The van der Waals surface area contributed by atoms with Crippen molar-refractivity contribution in [1.82, 2.24) is 19.7 Å². The number of carbonyl (C=O) groups is 2. The van der Waals surface area contributed by atoms with Crippen molar-refractivity contribution in [2.24, 2.45) is 11.8 Å². The molecule has 6 rings (SSSR count). The minimum absolute atomic E-state index is 0.0629. The number of carbonyl (C=O) groups excluding carboxylic acids is 2. The molecule has 1 aromatic carbocycles. The van der Waals surface area contributed by atoms with Crippen molar-refractivity contribution in [3.63, 3.8) is 0 Å². The van der Waals surface area contributed by atoms with Gasteiger partial charge in [0.1, 0.15) is 5.60 Å². The van der Waals surface area contributed by atoms with Gasteiger partial charge in [0.05, 0.1) is 16.8 Å². The van der Waals surface area contributed by atoms with Gasteiger partial charge in [-0.2, -0.15) is 0 Å². The molecule has 1 aromatic heterocycles. The number of aromatic nitrogens is 1. The molecule has 2 aromatic rings. The van der Waals surface area contributed by atoms with Crippen molar-refractivity contribution in [1.29, 1.82) is 0 Å². The summed E-state index contributed by atoms with van der Waals surface area (Å²) in [6.45, 7) is 9.48. The molecule has 228 valence electrons. The summed E-state index contributed by atoms with van der Waals surface area (Å²) >= 11 is 0. The summed E-state index contributed by atoms with van der Waals surface area (Å²) in [5, 5.41) is 1.02. The first-order chi connectivity index (χ1) is 20.5. The molecule has 4 heterocycles. The first-order valence-electron chi connectivity index (χ1n) is 16.8. The Kier molecular flexibility index (Phi) is 9.04. The number of para-hydroxylation sites is 1. The number of fused-ring (bicyclic) bond motifs is 1. The van der Waals surface area contributed by atoms with Gasteiger partial charge in [0, 0.05) is 69.5 Å². The number of likely N-dealkylation sites (tertiary alicyclic amines) is 2. The van der Waals surface area contributed by atoms with Gasteiger partial charge in [0.25, 0.3) is 5.91 Å². The lowest BCUT2D eigenvalue weighted by atomic mass is 9.75. The molecule has 1 unspecified atom stereocenters. The van der Waals surface area contributed by atoms with Gasteiger partial charge in [-0.15, -0.1) is 0 Å². The number of rotatable bonds is 7. The molecular formula is C35H50N4O3. The van der Waals surface area contributed by atoms with Crippen LogP contribution >= 0.6 is 0 Å². The van der Waals surface area contributed by atoms with Crippen molar-refractivity contribution in [3.8, 4) is 0 Å². The summed E-state index contributed by atoms with van der Waals surface area (Å²) in [4.78, 5) is 38.2. The third kappa shape index (κ3) is 6.17. The number of hydrogen-bond acceptors (Lipinski definition) is 5. The number of unbranched alkanes of at least 4 members (excludes halogenated alkanes) is 1. The Labute approximate surface area is 252 Å². The van der Waals surface area contributed by atoms with Gasteiger partial charge in [0.2, 0.25) is 0 Å². The van der Waals surface area contributed by atoms with Crippen LogP contribution in [0.3, 0.4) is 0 Å². The highest BCUT2D eigenvalue weighted by molar-refractivity contribution is 5.98. The normalized spacial score (nSPS) is 24.3. The summed E-state index contributed by atoms with van der Waals surface area (Å²) in [5.41, 5.74) is 2.16. The van der Waals surface area contributed by atoms with Crippen molar-refractivity contribution in [2.75, 3.05) is 39.3 Å². The number of hydrogen-bond donors (Lipinski definition) is 0. The number of pyridine rings is 1. The molecule has 0 N–H and O–H groups in total. The van der Waals surface area contributed by atoms with E-state index in [4.69, 9.17) is 9.72 Å². The van der Waals surface area contributed by atoms with Gasteiger partial charge in [-0.3, -0.25) is 14.7 Å². The molecule has 3 aliphatic heterocycles. The Morgan fingerprint density at radius 1 is 1.02 bits per heavy atom. The monoisotopic (exact) mass is 574 g/mol. The van der Waals surface area contributed by atoms with Crippen LogP contribution in [0.2, 0.25) is 0 Å². The van der Waals surface area contributed by atoms with Crippen molar-refractivity contribution in [3.05, 3.63) is 41.6 Å². The summed E-state index contributed by atoms with van der Waals surface area (Å²) in [6.07, 6.45) is 13.8. The number of nitrogens with zero attached hydrogens (tertiary/aromatic N) is 4. The van der Waals surface area contributed by atoms with Crippen molar-refractivity contribution < 1.29 is 14.3 Å². The fourth-order valence-electron chi connectivity index (χ4n) is 8.28. The quantitative estimate of drug-likeness (QED) is 0.363. The van der Waals surface area contributed by atoms with Gasteiger partial charge in [-0.05, 0) is 57.1 Å². The Morgan fingerprint density at radius 2 is 1.76 bits per heavy atom. The highest BCUT2D eigenvalue weighted by atomic mass is 16.6. The molecule has 4 aliphatic rings. The summed E-state index contributed by atoms with van der Waals surface area (Å²) in [7, 11) is 0. The highest BCUT2D eigenvalue weighted by Gasteiger charge is 2.50. The molecule has 2 amide bonds. The average molecular weight is 575 g/mol. The molecule has 7 nitrogen and oxygen atoms in total. The maximum absolute atomic E-state index is 13.5. The molecule has 3 saturated heterocycles. The molecular weight excluding hydrogens is 524 g/mol. The largest absolute Gasteiger partial charge is 0.442 e. The number of aryl methyl sites for hydroxylation is 1. The third-order valence-corrected chi connectivity index (χ3v) is 10.9. The SMILES string of the molecule is CCCCC1CN(CC2CCCCC2)C(=O)OC12CCN(C1CCN(C(=O)c3cc4ccccc4nc3C)CC1)CC2. The molecule has 7 heteroatoms. The van der Waals surface area contributed by atoms with Crippen LogP contribution < -0.4 is 0 Å². The van der Waals surface area contributed by atoms with Gasteiger partial charge in [-0.25, -0.2) is 4.79 Å². The molecule has 0 bridgehead atoms. The predicted molar refractivity (Wildman–Crippen MR) is 167 cm³/mol. The van der Waals surface area contributed by atoms with Crippen LogP contribution in [0.5, 0.6) is 0 Å². The Balaban J connectivity index is 1.04. The maximum Gasteiger partial charge on any atom is 0.410 e. The minimum Gasteiger partial charge on any atom is -0.442 e. The molecule has 42 heavy (non-hydrogen) atoms. The van der Waals surface area contributed by atoms with Gasteiger partial charge >= 0.3 is 6.09 Å². The topological polar surface area (TPSA) is 66.0 Å². The number of amides is 2. The standard InChI is InChI=1S/C35H50N4O3/c1-3-4-13-29-25-39(24-27-10-6-5-7-11-27)34(41)42-35(29)17-21-37(22-18-35)30-15-19-38(20-16-30)33(40)31-23-28-12-8-9-14-32(28)36-26(31)2/h8-9,12,14,23,27,29-30H,3-7,10-11,13,15-22,24-25H2,1-2H3. The maximum atomic E-state index is 13.5. The Hall–Kier alpha value is -2.67. The zero-order valence-electron chi connectivity index (χ0n) is 25.9. The third-order valence-electron chi connectivity index (χ3n) is 10.9. The fourth-order valence-corrected chi connectivity index (χ4v) is 8.28. The highest BCUT2D eigenvalue weighted by Crippen LogP contribution is 2.42. The second-order valence-electron chi connectivity index (χ2n) is 13.6. The second kappa shape index (κ2) is 12.9. The molecule has 0 radical (unpaired) electrons. The molecule has 1 aliphatic carbocycles. The zero-order chi connectivity index (χ0) is 29.1. The predicted octanol–water partition coefficient (Wildman–Crippen LogP) is 6.82. The lowest BCUT2D eigenvalue weighted by molar-refractivity contribution is -0.127. The van der Waals surface area contributed by atoms with E-state index < -0.39 is 0 Å². The van der Waals surface area contributed by atoms with Crippen LogP contribution in [-0.4, -0.2) is 82.6 Å². The lowest BCUT2D eigenvalue weighted by Crippen LogP contribution is -2.61. The average Bonchev–Trinajstić information content (AvgIpc) is 3.02. The Morgan fingerprint density at radius 3 is 2.50 bits per heavy atom. The summed E-state index contributed by atoms with van der Waals surface area (Å²) in [5.74, 6) is 1.18. The zero-order valence-corrected chi connectivity index (χ0v) is 25.9. The van der Waals surface area contributed by atoms with E-state index in [0.29, 0.717) is 17.9 Å². The van der Waals surface area contributed by atoms with Crippen LogP contribution in [0.1, 0.15) is 100 Å². The summed E-state index contributed by atoms with van der Waals surface area (Å²) < 4.78 is 6.46. The summed E-state index contributed by atoms with van der Waals surface area (Å²) in [6, 6.07) is 10.5. The van der Waals surface area contributed by atoms with Gasteiger partial charge < -0.3 is 14.5 Å². The van der Waals surface area contributed by atoms with Crippen LogP contribution in [0, 0.1) is 18.8 Å². The minimum atomic E-state index is -0.302. The van der Waals surface area contributed by atoms with Gasteiger partial charge in [-0.1, -0.05) is 57.2 Å². The van der Waals surface area contributed by atoms with E-state index in [2.05, 4.69) is 16.7 Å². The van der Waals surface area contributed by atoms with E-state index in [1.807, 2.05) is 42.2 Å². The molecule has 1 spiro atoms. The lowest BCUT2D eigenvalue weighted by Gasteiger charge is -2.52.